The van der Waals surface area contributed by atoms with Crippen LogP contribution in [0.2, 0.25) is 0 Å². The van der Waals surface area contributed by atoms with E-state index in [0.717, 1.165) is 5.56 Å². The van der Waals surface area contributed by atoms with Crippen molar-refractivity contribution in [1.82, 2.24) is 0 Å². The van der Waals surface area contributed by atoms with Crippen LogP contribution in [0.5, 0.6) is 0 Å². The van der Waals surface area contributed by atoms with Gasteiger partial charge in [-0.3, -0.25) is 4.79 Å². The summed E-state index contributed by atoms with van der Waals surface area (Å²) in [5.74, 6) is -0.891. The average molecular weight is 317 g/mol. The molecule has 1 atom stereocenters. The van der Waals surface area contributed by atoms with E-state index in [0.29, 0.717) is 22.9 Å². The molecule has 0 fully saturated rings. The maximum absolute atomic E-state index is 13.4. The van der Waals surface area contributed by atoms with E-state index in [2.05, 4.69) is 15.9 Å². The van der Waals surface area contributed by atoms with Gasteiger partial charge in [0.25, 0.3) is 0 Å². The van der Waals surface area contributed by atoms with Gasteiger partial charge in [0.2, 0.25) is 0 Å². The summed E-state index contributed by atoms with van der Waals surface area (Å²) in [6.07, 6.45) is 0.888. The summed E-state index contributed by atoms with van der Waals surface area (Å²) in [4.78, 5) is 11.5. The van der Waals surface area contributed by atoms with Crippen LogP contribution in [0.1, 0.15) is 30.9 Å². The highest BCUT2D eigenvalue weighted by molar-refractivity contribution is 9.10. The molecule has 0 saturated carbocycles. The first kappa shape index (κ1) is 13.5. The first-order valence-electron chi connectivity index (χ1n) is 5.82. The molecule has 0 heterocycles. The average Bonchev–Trinajstić information content (AvgIpc) is 2.57. The van der Waals surface area contributed by atoms with E-state index in [1.807, 2.05) is 0 Å². The van der Waals surface area contributed by atoms with Crippen LogP contribution in [-0.2, 0) is 21.6 Å². The number of carbonyl (C=O) groups excluding carboxylic acids is 1. The molecule has 18 heavy (non-hydrogen) atoms. The third-order valence-electron chi connectivity index (χ3n) is 3.19. The lowest BCUT2D eigenvalue weighted by Gasteiger charge is -2.23. The van der Waals surface area contributed by atoms with Crippen molar-refractivity contribution in [3.8, 4) is 0 Å². The molecule has 0 unspecified atom stereocenters. The molecule has 2 rings (SSSR count). The van der Waals surface area contributed by atoms with Crippen LogP contribution in [0.4, 0.5) is 4.39 Å². The van der Waals surface area contributed by atoms with Crippen LogP contribution < -0.4 is 0 Å². The molecule has 1 aromatic rings. The van der Waals surface area contributed by atoms with Gasteiger partial charge in [0.1, 0.15) is 11.4 Å². The van der Waals surface area contributed by atoms with Crippen LogP contribution in [0.3, 0.4) is 0 Å². The van der Waals surface area contributed by atoms with Crippen molar-refractivity contribution >= 4 is 21.9 Å². The molecule has 0 aliphatic heterocycles. The molecule has 1 aliphatic carbocycles. The van der Waals surface area contributed by atoms with Gasteiger partial charge < -0.3 is 9.84 Å². The molecule has 0 bridgehead atoms. The Morgan fingerprint density at radius 2 is 2.33 bits per heavy atom. The van der Waals surface area contributed by atoms with Crippen LogP contribution in [0.25, 0.3) is 0 Å². The first-order chi connectivity index (χ1) is 8.46. The van der Waals surface area contributed by atoms with Crippen molar-refractivity contribution in [2.75, 3.05) is 6.61 Å². The molecule has 0 radical (unpaired) electrons. The normalized spacial score (nSPS) is 21.8. The number of hydrogen-bond acceptors (Lipinski definition) is 3. The Bertz CT molecular complexity index is 489. The number of aliphatic hydroxyl groups is 1. The van der Waals surface area contributed by atoms with Crippen molar-refractivity contribution in [1.29, 1.82) is 0 Å². The van der Waals surface area contributed by atoms with Gasteiger partial charge in [-0.2, -0.15) is 0 Å². The first-order valence-corrected chi connectivity index (χ1v) is 6.62. The quantitative estimate of drug-likeness (QED) is 0.872. The number of hydrogen-bond donors (Lipinski definition) is 1. The number of halogens is 2. The van der Waals surface area contributed by atoms with Crippen molar-refractivity contribution in [2.45, 2.75) is 31.8 Å². The number of fused-ring (bicyclic) bond motifs is 1. The van der Waals surface area contributed by atoms with Gasteiger partial charge in [0.05, 0.1) is 13.0 Å². The second-order valence-electron chi connectivity index (χ2n) is 4.43. The summed E-state index contributed by atoms with van der Waals surface area (Å²) in [5.41, 5.74) is 0.0391. The number of carbonyl (C=O) groups is 1. The summed E-state index contributed by atoms with van der Waals surface area (Å²) < 4.78 is 18.9. The van der Waals surface area contributed by atoms with Gasteiger partial charge in [0.15, 0.2) is 0 Å². The summed E-state index contributed by atoms with van der Waals surface area (Å²) in [6.45, 7) is 1.98. The molecule has 3 nitrogen and oxygen atoms in total. The van der Waals surface area contributed by atoms with Crippen LogP contribution in [0, 0.1) is 5.82 Å². The van der Waals surface area contributed by atoms with E-state index in [1.54, 1.807) is 6.92 Å². The third kappa shape index (κ3) is 2.42. The Kier molecular flexibility index (Phi) is 3.73. The number of esters is 1. The minimum atomic E-state index is -1.31. The zero-order valence-corrected chi connectivity index (χ0v) is 11.6. The van der Waals surface area contributed by atoms with Crippen LogP contribution in [0.15, 0.2) is 16.6 Å². The summed E-state index contributed by atoms with van der Waals surface area (Å²) >= 11 is 3.28. The summed E-state index contributed by atoms with van der Waals surface area (Å²) in [7, 11) is 0. The predicted octanol–water partition coefficient (Wildman–Crippen LogP) is 2.68. The lowest BCUT2D eigenvalue weighted by molar-refractivity contribution is -0.149. The van der Waals surface area contributed by atoms with Crippen molar-refractivity contribution in [3.05, 3.63) is 33.5 Å². The monoisotopic (exact) mass is 316 g/mol. The Hall–Kier alpha value is -0.940. The van der Waals surface area contributed by atoms with E-state index in [-0.39, 0.29) is 13.0 Å². The lowest BCUT2D eigenvalue weighted by atomic mass is 9.92. The third-order valence-corrected chi connectivity index (χ3v) is 3.90. The number of ether oxygens (including phenoxy) is 1. The zero-order valence-electron chi connectivity index (χ0n) is 10.0. The second-order valence-corrected chi connectivity index (χ2v) is 5.28. The Morgan fingerprint density at radius 3 is 3.00 bits per heavy atom. The molecular weight excluding hydrogens is 303 g/mol. The molecule has 0 saturated heterocycles. The van der Waals surface area contributed by atoms with Crippen molar-refractivity contribution < 1.29 is 19.0 Å². The van der Waals surface area contributed by atoms with Crippen LogP contribution >= 0.6 is 15.9 Å². The fourth-order valence-corrected chi connectivity index (χ4v) is 3.00. The summed E-state index contributed by atoms with van der Waals surface area (Å²) in [5, 5.41) is 10.5. The molecule has 1 aromatic carbocycles. The number of rotatable bonds is 3. The predicted molar refractivity (Wildman–Crippen MR) is 67.6 cm³/mol. The van der Waals surface area contributed by atoms with Gasteiger partial charge in [-0.1, -0.05) is 15.9 Å². The van der Waals surface area contributed by atoms with Crippen molar-refractivity contribution in [2.24, 2.45) is 0 Å². The SMILES string of the molecule is CCOC(=O)C[C@@]1(O)CCc2c(Br)cc(F)cc21. The Morgan fingerprint density at radius 1 is 1.61 bits per heavy atom. The molecule has 1 aliphatic rings. The van der Waals surface area contributed by atoms with Crippen molar-refractivity contribution in [3.63, 3.8) is 0 Å². The maximum Gasteiger partial charge on any atom is 0.309 e. The Labute approximate surface area is 113 Å². The smallest absolute Gasteiger partial charge is 0.309 e. The van der Waals surface area contributed by atoms with Gasteiger partial charge in [0, 0.05) is 4.47 Å². The molecule has 1 N–H and O–H groups in total. The topological polar surface area (TPSA) is 46.5 Å². The van der Waals surface area contributed by atoms with E-state index in [9.17, 15) is 14.3 Å². The minimum Gasteiger partial charge on any atom is -0.466 e. The highest BCUT2D eigenvalue weighted by Crippen LogP contribution is 2.42. The van der Waals surface area contributed by atoms with Gasteiger partial charge in [-0.15, -0.1) is 0 Å². The zero-order chi connectivity index (χ0) is 13.3. The van der Waals surface area contributed by atoms with Gasteiger partial charge >= 0.3 is 5.97 Å². The second kappa shape index (κ2) is 4.97. The van der Waals surface area contributed by atoms with Crippen LogP contribution in [-0.4, -0.2) is 17.7 Å². The summed E-state index contributed by atoms with van der Waals surface area (Å²) in [6, 6.07) is 2.67. The molecule has 0 aromatic heterocycles. The molecular formula is C13H14BrFO3. The van der Waals surface area contributed by atoms with E-state index >= 15 is 0 Å². The van der Waals surface area contributed by atoms with Gasteiger partial charge in [-0.05, 0) is 43.0 Å². The molecule has 98 valence electrons. The van der Waals surface area contributed by atoms with Gasteiger partial charge in [-0.25, -0.2) is 4.39 Å². The lowest BCUT2D eigenvalue weighted by Crippen LogP contribution is -2.27. The highest BCUT2D eigenvalue weighted by Gasteiger charge is 2.40. The van der Waals surface area contributed by atoms with E-state index in [4.69, 9.17) is 4.74 Å². The molecule has 0 spiro atoms. The molecule has 0 amide bonds. The largest absolute Gasteiger partial charge is 0.466 e. The number of benzene rings is 1. The highest BCUT2D eigenvalue weighted by atomic mass is 79.9. The standard InChI is InChI=1S/C13H14BrFO3/c1-2-18-12(16)7-13(17)4-3-9-10(13)5-8(15)6-11(9)14/h5-6,17H,2-4,7H2,1H3/t13-/m0/s1. The molecule has 5 heteroatoms. The minimum absolute atomic E-state index is 0.135. The fraction of sp³-hybridized carbons (Fsp3) is 0.462. The fourth-order valence-electron chi connectivity index (χ4n) is 2.37. The van der Waals surface area contributed by atoms with E-state index < -0.39 is 17.4 Å². The Balaban J connectivity index is 2.32. The maximum atomic E-state index is 13.4. The van der Waals surface area contributed by atoms with E-state index in [1.165, 1.54) is 12.1 Å².